The molecular formula is C21H20N2O2S. The van der Waals surface area contributed by atoms with Crippen LogP contribution in [0.1, 0.15) is 11.3 Å². The molecule has 0 unspecified atom stereocenters. The van der Waals surface area contributed by atoms with Gasteiger partial charge in [0.15, 0.2) is 0 Å². The minimum atomic E-state index is -3.74. The van der Waals surface area contributed by atoms with E-state index in [0.29, 0.717) is 23.4 Å². The fraction of sp³-hybridized carbons (Fsp3) is 0.143. The average molecular weight is 364 g/mol. The highest BCUT2D eigenvalue weighted by Crippen LogP contribution is 2.32. The van der Waals surface area contributed by atoms with Gasteiger partial charge in [-0.2, -0.15) is 0 Å². The largest absolute Gasteiger partial charge is 0.330 e. The summed E-state index contributed by atoms with van der Waals surface area (Å²) in [7, 11) is -3.74. The zero-order valence-electron chi connectivity index (χ0n) is 14.5. The van der Waals surface area contributed by atoms with Gasteiger partial charge < -0.3 is 5.73 Å². The summed E-state index contributed by atoms with van der Waals surface area (Å²) in [5.74, 6) is 0. The number of para-hydroxylation sites is 1. The molecule has 0 saturated heterocycles. The standard InChI is InChI=1S/C21H20N2O2S/c1-15-17(13-14-22)19-10-4-5-11-20(19)23(15)26(24,25)21-12-6-8-16-7-2-3-9-18(16)21/h2-12H,13-14,22H2,1H3. The fourth-order valence-electron chi connectivity index (χ4n) is 3.69. The maximum absolute atomic E-state index is 13.6. The molecule has 0 amide bonds. The van der Waals surface area contributed by atoms with E-state index in [1.807, 2.05) is 61.5 Å². The summed E-state index contributed by atoms with van der Waals surface area (Å²) in [5, 5.41) is 2.58. The molecule has 26 heavy (non-hydrogen) atoms. The van der Waals surface area contributed by atoms with Crippen LogP contribution in [0.5, 0.6) is 0 Å². The van der Waals surface area contributed by atoms with Gasteiger partial charge in [0.05, 0.1) is 10.4 Å². The predicted molar refractivity (Wildman–Crippen MR) is 106 cm³/mol. The molecule has 0 aliphatic rings. The second-order valence-electron chi connectivity index (χ2n) is 6.37. The van der Waals surface area contributed by atoms with Gasteiger partial charge in [-0.15, -0.1) is 0 Å². The minimum absolute atomic E-state index is 0.318. The maximum atomic E-state index is 13.6. The maximum Gasteiger partial charge on any atom is 0.269 e. The van der Waals surface area contributed by atoms with Crippen LogP contribution >= 0.6 is 0 Å². The Morgan fingerprint density at radius 2 is 1.54 bits per heavy atom. The first kappa shape index (κ1) is 16.8. The highest BCUT2D eigenvalue weighted by atomic mass is 32.2. The van der Waals surface area contributed by atoms with E-state index in [1.165, 1.54) is 3.97 Å². The summed E-state index contributed by atoms with van der Waals surface area (Å²) in [6.45, 7) is 2.33. The van der Waals surface area contributed by atoms with Crippen molar-refractivity contribution in [3.8, 4) is 0 Å². The van der Waals surface area contributed by atoms with E-state index < -0.39 is 10.0 Å². The van der Waals surface area contributed by atoms with E-state index in [-0.39, 0.29) is 0 Å². The quantitative estimate of drug-likeness (QED) is 0.598. The third-order valence-corrected chi connectivity index (χ3v) is 6.71. The first-order chi connectivity index (χ1) is 12.6. The molecule has 0 bridgehead atoms. The molecule has 3 aromatic carbocycles. The molecule has 2 N–H and O–H groups in total. The third kappa shape index (κ3) is 2.43. The number of hydrogen-bond acceptors (Lipinski definition) is 3. The van der Waals surface area contributed by atoms with E-state index in [1.54, 1.807) is 12.1 Å². The Hall–Kier alpha value is -2.63. The van der Waals surface area contributed by atoms with Crippen LogP contribution in [0.3, 0.4) is 0 Å². The molecule has 5 heteroatoms. The predicted octanol–water partition coefficient (Wildman–Crippen LogP) is 3.84. The van der Waals surface area contributed by atoms with Crippen LogP contribution in [0.2, 0.25) is 0 Å². The first-order valence-electron chi connectivity index (χ1n) is 8.58. The highest BCUT2D eigenvalue weighted by molar-refractivity contribution is 7.90. The Bertz CT molecular complexity index is 1220. The molecule has 4 aromatic rings. The summed E-state index contributed by atoms with van der Waals surface area (Å²) in [6, 6.07) is 20.5. The second kappa shape index (κ2) is 6.27. The number of nitrogens with zero attached hydrogens (tertiary/aromatic N) is 1. The van der Waals surface area contributed by atoms with Gasteiger partial charge in [-0.3, -0.25) is 0 Å². The monoisotopic (exact) mass is 364 g/mol. The second-order valence-corrected chi connectivity index (χ2v) is 8.12. The highest BCUT2D eigenvalue weighted by Gasteiger charge is 2.25. The van der Waals surface area contributed by atoms with Crippen molar-refractivity contribution in [2.24, 2.45) is 5.73 Å². The molecule has 1 aromatic heterocycles. The summed E-state index contributed by atoms with van der Waals surface area (Å²) in [4.78, 5) is 0.318. The van der Waals surface area contributed by atoms with E-state index in [4.69, 9.17) is 5.73 Å². The number of fused-ring (bicyclic) bond motifs is 2. The van der Waals surface area contributed by atoms with Crippen LogP contribution in [-0.2, 0) is 16.4 Å². The molecule has 0 spiro atoms. The number of rotatable bonds is 4. The normalized spacial score (nSPS) is 12.1. The number of nitrogens with two attached hydrogens (primary N) is 1. The fourth-order valence-corrected chi connectivity index (χ4v) is 5.49. The van der Waals surface area contributed by atoms with E-state index in [2.05, 4.69) is 0 Å². The smallest absolute Gasteiger partial charge is 0.269 e. The number of hydrogen-bond donors (Lipinski definition) is 1. The third-order valence-electron chi connectivity index (χ3n) is 4.85. The molecule has 1 heterocycles. The van der Waals surface area contributed by atoms with E-state index in [0.717, 1.165) is 27.4 Å². The van der Waals surface area contributed by atoms with Crippen LogP contribution in [-0.4, -0.2) is 18.9 Å². The lowest BCUT2D eigenvalue weighted by molar-refractivity contribution is 0.588. The molecule has 0 saturated carbocycles. The molecule has 0 aliphatic carbocycles. The number of benzene rings is 3. The molecule has 132 valence electrons. The summed E-state index contributed by atoms with van der Waals surface area (Å²) in [5.41, 5.74) is 8.18. The van der Waals surface area contributed by atoms with Crippen LogP contribution in [0.15, 0.2) is 71.6 Å². The van der Waals surface area contributed by atoms with Gasteiger partial charge in [0.2, 0.25) is 0 Å². The van der Waals surface area contributed by atoms with Gasteiger partial charge in [0, 0.05) is 16.5 Å². The van der Waals surface area contributed by atoms with Crippen molar-refractivity contribution < 1.29 is 8.42 Å². The lowest BCUT2D eigenvalue weighted by atomic mass is 10.1. The van der Waals surface area contributed by atoms with Crippen molar-refractivity contribution in [2.45, 2.75) is 18.2 Å². The van der Waals surface area contributed by atoms with E-state index in [9.17, 15) is 8.42 Å². The van der Waals surface area contributed by atoms with Crippen molar-refractivity contribution in [1.29, 1.82) is 0 Å². The van der Waals surface area contributed by atoms with Gasteiger partial charge in [0.1, 0.15) is 0 Å². The van der Waals surface area contributed by atoms with Gasteiger partial charge >= 0.3 is 0 Å². The first-order valence-corrected chi connectivity index (χ1v) is 10.0. The molecule has 0 radical (unpaired) electrons. The Balaban J connectivity index is 2.07. The minimum Gasteiger partial charge on any atom is -0.330 e. The van der Waals surface area contributed by atoms with Gasteiger partial charge in [0.25, 0.3) is 10.0 Å². The topological polar surface area (TPSA) is 65.1 Å². The van der Waals surface area contributed by atoms with E-state index >= 15 is 0 Å². The molecule has 0 atom stereocenters. The van der Waals surface area contributed by atoms with Crippen molar-refractivity contribution in [1.82, 2.24) is 3.97 Å². The van der Waals surface area contributed by atoms with Crippen molar-refractivity contribution >= 4 is 31.7 Å². The van der Waals surface area contributed by atoms with Crippen LogP contribution in [0.25, 0.3) is 21.7 Å². The van der Waals surface area contributed by atoms with Crippen LogP contribution in [0, 0.1) is 6.92 Å². The lowest BCUT2D eigenvalue weighted by Crippen LogP contribution is -2.15. The zero-order valence-corrected chi connectivity index (χ0v) is 15.3. The number of aromatic nitrogens is 1. The Kier molecular flexibility index (Phi) is 4.05. The average Bonchev–Trinajstić information content (AvgIpc) is 2.94. The Morgan fingerprint density at radius 3 is 2.31 bits per heavy atom. The Morgan fingerprint density at radius 1 is 0.885 bits per heavy atom. The Labute approximate surface area is 152 Å². The summed E-state index contributed by atoms with van der Waals surface area (Å²) < 4.78 is 28.7. The molecule has 0 fully saturated rings. The van der Waals surface area contributed by atoms with Crippen LogP contribution < -0.4 is 5.73 Å². The molecule has 4 nitrogen and oxygen atoms in total. The van der Waals surface area contributed by atoms with Gasteiger partial charge in [-0.05, 0) is 43.0 Å². The van der Waals surface area contributed by atoms with Gasteiger partial charge in [-0.1, -0.05) is 54.6 Å². The van der Waals surface area contributed by atoms with Crippen LogP contribution in [0.4, 0.5) is 0 Å². The SMILES string of the molecule is Cc1c(CCN)c2ccccc2n1S(=O)(=O)c1cccc2ccccc12. The van der Waals surface area contributed by atoms with Crippen molar-refractivity contribution in [3.63, 3.8) is 0 Å². The molecule has 4 rings (SSSR count). The summed E-state index contributed by atoms with van der Waals surface area (Å²) >= 11 is 0. The van der Waals surface area contributed by atoms with Gasteiger partial charge in [-0.25, -0.2) is 12.4 Å². The van der Waals surface area contributed by atoms with Crippen molar-refractivity contribution in [3.05, 3.63) is 78.0 Å². The van der Waals surface area contributed by atoms with Crippen molar-refractivity contribution in [2.75, 3.05) is 6.54 Å². The zero-order chi connectivity index (χ0) is 18.3. The molecular weight excluding hydrogens is 344 g/mol. The lowest BCUT2D eigenvalue weighted by Gasteiger charge is -2.12. The summed E-state index contributed by atoms with van der Waals surface area (Å²) in [6.07, 6.45) is 0.643. The molecule has 0 aliphatic heterocycles.